The molecule has 0 spiro atoms. The van der Waals surface area contributed by atoms with Crippen LogP contribution in [-0.2, 0) is 9.59 Å². The minimum absolute atomic E-state index is 0.105. The lowest BCUT2D eigenvalue weighted by Crippen LogP contribution is -2.44. The predicted molar refractivity (Wildman–Crippen MR) is 89.9 cm³/mol. The molecule has 0 saturated carbocycles. The first kappa shape index (κ1) is 20.9. The summed E-state index contributed by atoms with van der Waals surface area (Å²) in [6, 6.07) is -0.788. The van der Waals surface area contributed by atoms with Crippen molar-refractivity contribution in [3.8, 4) is 0 Å². The number of carbonyl (C=O) groups excluding carboxylic acids is 1. The number of carbonyl (C=O) groups is 2. The molecule has 0 aromatic rings. The fourth-order valence-electron chi connectivity index (χ4n) is 2.32. The third-order valence-electron chi connectivity index (χ3n) is 3.78. The second kappa shape index (κ2) is 12.4. The first-order valence-corrected chi connectivity index (χ1v) is 8.66. The van der Waals surface area contributed by atoms with Gasteiger partial charge in [0.15, 0.2) is 0 Å². The standard InChI is InChI=1S/C17H34N2O3/c1-5-7-11-19(12-8-6-2)13-9-10-15(20)18-16(14(3)4)17(21)22/h14,16H,5-13H2,1-4H3,(H,18,20)(H,21,22). The monoisotopic (exact) mass is 314 g/mol. The Kier molecular flexibility index (Phi) is 11.8. The third-order valence-corrected chi connectivity index (χ3v) is 3.78. The Balaban J connectivity index is 4.12. The molecule has 2 N–H and O–H groups in total. The number of unbranched alkanes of at least 4 members (excludes halogenated alkanes) is 2. The second-order valence-electron chi connectivity index (χ2n) is 6.28. The third kappa shape index (κ3) is 9.77. The Hall–Kier alpha value is -1.10. The molecule has 5 nitrogen and oxygen atoms in total. The summed E-state index contributed by atoms with van der Waals surface area (Å²) in [4.78, 5) is 25.4. The van der Waals surface area contributed by atoms with Gasteiger partial charge in [-0.15, -0.1) is 0 Å². The van der Waals surface area contributed by atoms with Crippen molar-refractivity contribution in [1.29, 1.82) is 0 Å². The van der Waals surface area contributed by atoms with E-state index in [0.29, 0.717) is 6.42 Å². The van der Waals surface area contributed by atoms with E-state index in [0.717, 1.165) is 26.1 Å². The maximum absolute atomic E-state index is 11.9. The molecule has 1 amide bonds. The highest BCUT2D eigenvalue weighted by atomic mass is 16.4. The second-order valence-corrected chi connectivity index (χ2v) is 6.28. The highest BCUT2D eigenvalue weighted by Gasteiger charge is 2.23. The Morgan fingerprint density at radius 2 is 1.50 bits per heavy atom. The quantitative estimate of drug-likeness (QED) is 0.548. The van der Waals surface area contributed by atoms with Gasteiger partial charge in [0.2, 0.25) is 5.91 Å². The number of carboxylic acids is 1. The largest absolute Gasteiger partial charge is 0.480 e. The lowest BCUT2D eigenvalue weighted by Gasteiger charge is -2.22. The van der Waals surface area contributed by atoms with Gasteiger partial charge in [-0.3, -0.25) is 4.79 Å². The summed E-state index contributed by atoms with van der Waals surface area (Å²) in [7, 11) is 0. The summed E-state index contributed by atoms with van der Waals surface area (Å²) in [5, 5.41) is 11.7. The molecule has 0 saturated heterocycles. The summed E-state index contributed by atoms with van der Waals surface area (Å²) < 4.78 is 0. The van der Waals surface area contributed by atoms with Crippen molar-refractivity contribution in [1.82, 2.24) is 10.2 Å². The van der Waals surface area contributed by atoms with Crippen molar-refractivity contribution < 1.29 is 14.7 Å². The van der Waals surface area contributed by atoms with E-state index < -0.39 is 12.0 Å². The summed E-state index contributed by atoms with van der Waals surface area (Å²) in [5.41, 5.74) is 0. The molecule has 0 rings (SSSR count). The van der Waals surface area contributed by atoms with Gasteiger partial charge in [0.05, 0.1) is 0 Å². The molecule has 0 bridgehead atoms. The van der Waals surface area contributed by atoms with Crippen LogP contribution in [-0.4, -0.2) is 47.6 Å². The van der Waals surface area contributed by atoms with Gasteiger partial charge in [-0.05, 0) is 44.8 Å². The fourth-order valence-corrected chi connectivity index (χ4v) is 2.32. The molecule has 130 valence electrons. The van der Waals surface area contributed by atoms with E-state index in [9.17, 15) is 9.59 Å². The first-order chi connectivity index (χ1) is 10.4. The van der Waals surface area contributed by atoms with Gasteiger partial charge >= 0.3 is 5.97 Å². The van der Waals surface area contributed by atoms with Crippen molar-refractivity contribution in [3.63, 3.8) is 0 Å². The number of aliphatic carboxylic acids is 1. The Labute approximate surface area is 135 Å². The molecule has 5 heteroatoms. The SMILES string of the molecule is CCCCN(CCCC)CCCC(=O)NC(C(=O)O)C(C)C. The fraction of sp³-hybridized carbons (Fsp3) is 0.882. The van der Waals surface area contributed by atoms with Crippen LogP contribution in [0.5, 0.6) is 0 Å². The smallest absolute Gasteiger partial charge is 0.326 e. The summed E-state index contributed by atoms with van der Waals surface area (Å²) in [6.45, 7) is 11.1. The topological polar surface area (TPSA) is 69.6 Å². The van der Waals surface area contributed by atoms with Gasteiger partial charge in [0, 0.05) is 6.42 Å². The van der Waals surface area contributed by atoms with Crippen molar-refractivity contribution in [2.75, 3.05) is 19.6 Å². The minimum Gasteiger partial charge on any atom is -0.480 e. The average Bonchev–Trinajstić information content (AvgIpc) is 2.46. The van der Waals surface area contributed by atoms with Crippen LogP contribution in [0, 0.1) is 5.92 Å². The molecule has 22 heavy (non-hydrogen) atoms. The predicted octanol–water partition coefficient (Wildman–Crippen LogP) is 2.89. The Bertz CT molecular complexity index is 311. The van der Waals surface area contributed by atoms with Crippen molar-refractivity contribution in [3.05, 3.63) is 0 Å². The van der Waals surface area contributed by atoms with Crippen LogP contribution >= 0.6 is 0 Å². The van der Waals surface area contributed by atoms with E-state index >= 15 is 0 Å². The number of carboxylic acid groups (broad SMARTS) is 1. The van der Waals surface area contributed by atoms with Crippen LogP contribution in [0.15, 0.2) is 0 Å². The van der Waals surface area contributed by atoms with Crippen LogP contribution in [0.25, 0.3) is 0 Å². The summed E-state index contributed by atoms with van der Waals surface area (Å²) in [6.07, 6.45) is 5.90. The van der Waals surface area contributed by atoms with Gasteiger partial charge in [-0.2, -0.15) is 0 Å². The Morgan fingerprint density at radius 3 is 1.91 bits per heavy atom. The minimum atomic E-state index is -0.962. The molecule has 1 unspecified atom stereocenters. The van der Waals surface area contributed by atoms with Crippen molar-refractivity contribution in [2.24, 2.45) is 5.92 Å². The maximum atomic E-state index is 11.9. The number of rotatable bonds is 13. The lowest BCUT2D eigenvalue weighted by molar-refractivity contribution is -0.143. The molecular weight excluding hydrogens is 280 g/mol. The van der Waals surface area contributed by atoms with E-state index in [4.69, 9.17) is 5.11 Å². The van der Waals surface area contributed by atoms with Crippen molar-refractivity contribution in [2.45, 2.75) is 72.3 Å². The summed E-state index contributed by atoms with van der Waals surface area (Å²) in [5.74, 6) is -1.23. The molecule has 0 aliphatic heterocycles. The molecule has 0 radical (unpaired) electrons. The van der Waals surface area contributed by atoms with Crippen LogP contribution in [0.3, 0.4) is 0 Å². The van der Waals surface area contributed by atoms with E-state index in [1.165, 1.54) is 25.7 Å². The van der Waals surface area contributed by atoms with E-state index in [2.05, 4.69) is 24.1 Å². The molecule has 0 aromatic heterocycles. The van der Waals surface area contributed by atoms with Gasteiger partial charge < -0.3 is 15.3 Å². The number of hydrogen-bond acceptors (Lipinski definition) is 3. The normalized spacial score (nSPS) is 12.6. The first-order valence-electron chi connectivity index (χ1n) is 8.66. The zero-order chi connectivity index (χ0) is 17.0. The van der Waals surface area contributed by atoms with Gasteiger partial charge in [-0.1, -0.05) is 40.5 Å². The van der Waals surface area contributed by atoms with Crippen LogP contribution in [0.1, 0.15) is 66.2 Å². The zero-order valence-corrected chi connectivity index (χ0v) is 14.7. The number of amides is 1. The summed E-state index contributed by atoms with van der Waals surface area (Å²) >= 11 is 0. The van der Waals surface area contributed by atoms with E-state index in [1.807, 2.05) is 0 Å². The molecule has 0 heterocycles. The molecule has 0 aromatic carbocycles. The molecule has 0 aliphatic rings. The van der Waals surface area contributed by atoms with Gasteiger partial charge in [-0.25, -0.2) is 4.79 Å². The van der Waals surface area contributed by atoms with Crippen LogP contribution in [0.4, 0.5) is 0 Å². The molecule has 1 atom stereocenters. The van der Waals surface area contributed by atoms with E-state index in [1.54, 1.807) is 13.8 Å². The highest BCUT2D eigenvalue weighted by Crippen LogP contribution is 2.05. The van der Waals surface area contributed by atoms with Crippen LogP contribution in [0.2, 0.25) is 0 Å². The average molecular weight is 314 g/mol. The molecular formula is C17H34N2O3. The van der Waals surface area contributed by atoms with Crippen molar-refractivity contribution >= 4 is 11.9 Å². The number of hydrogen-bond donors (Lipinski definition) is 2. The van der Waals surface area contributed by atoms with Gasteiger partial charge in [0.1, 0.15) is 6.04 Å². The molecule has 0 fully saturated rings. The van der Waals surface area contributed by atoms with Gasteiger partial charge in [0.25, 0.3) is 0 Å². The molecule has 0 aliphatic carbocycles. The Morgan fingerprint density at radius 1 is 1.00 bits per heavy atom. The highest BCUT2D eigenvalue weighted by molar-refractivity contribution is 5.83. The number of nitrogens with zero attached hydrogens (tertiary/aromatic N) is 1. The van der Waals surface area contributed by atoms with E-state index in [-0.39, 0.29) is 11.8 Å². The maximum Gasteiger partial charge on any atom is 0.326 e. The zero-order valence-electron chi connectivity index (χ0n) is 14.7. The van der Waals surface area contributed by atoms with Crippen LogP contribution < -0.4 is 5.32 Å². The lowest BCUT2D eigenvalue weighted by atomic mass is 10.0. The number of nitrogens with one attached hydrogen (secondary N) is 1.